The summed E-state index contributed by atoms with van der Waals surface area (Å²) in [5.41, 5.74) is 3.01. The number of hydrogen-bond acceptors (Lipinski definition) is 7. The van der Waals surface area contributed by atoms with Crippen LogP contribution in [0.4, 0.5) is 5.69 Å². The maximum absolute atomic E-state index is 13.7. The average Bonchev–Trinajstić information content (AvgIpc) is 3.57. The van der Waals surface area contributed by atoms with Crippen LogP contribution < -0.4 is 20.7 Å². The Balaban J connectivity index is 1.19. The first kappa shape index (κ1) is 35.6. The molecule has 1 aliphatic carbocycles. The molecule has 1 aromatic heterocycles. The van der Waals surface area contributed by atoms with E-state index in [4.69, 9.17) is 4.74 Å². The molecule has 12 heteroatoms. The molecule has 0 radical (unpaired) electrons. The molecule has 0 unspecified atom stereocenters. The molecule has 1 aliphatic heterocycles. The molecule has 262 valence electrons. The number of piperazine rings is 1. The van der Waals surface area contributed by atoms with Crippen molar-refractivity contribution in [3.63, 3.8) is 0 Å². The molecular formula is C37H49N7O5. The molecule has 0 spiro atoms. The van der Waals surface area contributed by atoms with Crippen molar-refractivity contribution in [1.29, 1.82) is 0 Å². The number of amides is 4. The number of ether oxygens (including phenoxy) is 1. The molecule has 4 amide bonds. The van der Waals surface area contributed by atoms with Gasteiger partial charge in [0.2, 0.25) is 17.7 Å². The summed E-state index contributed by atoms with van der Waals surface area (Å²) in [6, 6.07) is 15.6. The number of hydrogen-bond donors (Lipinski definition) is 3. The molecule has 1 saturated heterocycles. The van der Waals surface area contributed by atoms with Gasteiger partial charge in [0.15, 0.2) is 0 Å². The third-order valence-corrected chi connectivity index (χ3v) is 9.58. The van der Waals surface area contributed by atoms with E-state index in [0.717, 1.165) is 68.6 Å². The average molecular weight is 672 g/mol. The minimum Gasteiger partial charge on any atom is -0.497 e. The van der Waals surface area contributed by atoms with Gasteiger partial charge in [-0.15, -0.1) is 0 Å². The van der Waals surface area contributed by atoms with E-state index < -0.39 is 12.1 Å². The van der Waals surface area contributed by atoms with Crippen LogP contribution in [0.3, 0.4) is 0 Å². The van der Waals surface area contributed by atoms with Gasteiger partial charge in [0.1, 0.15) is 23.5 Å². The highest BCUT2D eigenvalue weighted by Gasteiger charge is 2.32. The highest BCUT2D eigenvalue weighted by molar-refractivity contribution is 6.00. The van der Waals surface area contributed by atoms with E-state index in [9.17, 15) is 19.2 Å². The number of aryl methyl sites for hydroxylation is 1. The Hall–Kier alpha value is -4.71. The Morgan fingerprint density at radius 2 is 1.65 bits per heavy atom. The van der Waals surface area contributed by atoms with Crippen molar-refractivity contribution in [2.24, 2.45) is 13.0 Å². The Labute approximate surface area is 288 Å². The minimum absolute atomic E-state index is 0.0443. The number of anilines is 1. The van der Waals surface area contributed by atoms with E-state index in [1.165, 1.54) is 4.68 Å². The summed E-state index contributed by atoms with van der Waals surface area (Å²) < 4.78 is 6.85. The number of benzene rings is 2. The van der Waals surface area contributed by atoms with Gasteiger partial charge in [-0.3, -0.25) is 28.8 Å². The summed E-state index contributed by atoms with van der Waals surface area (Å²) in [5, 5.41) is 13.0. The largest absolute Gasteiger partial charge is 0.497 e. The van der Waals surface area contributed by atoms with Crippen molar-refractivity contribution < 1.29 is 23.9 Å². The summed E-state index contributed by atoms with van der Waals surface area (Å²) in [5.74, 6) is 0.00153. The lowest BCUT2D eigenvalue weighted by Crippen LogP contribution is -2.55. The predicted octanol–water partition coefficient (Wildman–Crippen LogP) is 3.53. The lowest BCUT2D eigenvalue weighted by molar-refractivity contribution is -0.138. The van der Waals surface area contributed by atoms with Crippen LogP contribution in [0.15, 0.2) is 60.8 Å². The molecule has 0 bridgehead atoms. The van der Waals surface area contributed by atoms with Gasteiger partial charge in [0.05, 0.1) is 7.11 Å². The first-order chi connectivity index (χ1) is 23.7. The van der Waals surface area contributed by atoms with E-state index in [2.05, 4.69) is 32.0 Å². The van der Waals surface area contributed by atoms with E-state index in [1.54, 1.807) is 45.5 Å². The number of nitrogens with one attached hydrogen (secondary N) is 3. The summed E-state index contributed by atoms with van der Waals surface area (Å²) in [6.45, 7) is 5.16. The third-order valence-electron chi connectivity index (χ3n) is 9.58. The second-order valence-electron chi connectivity index (χ2n) is 13.0. The van der Waals surface area contributed by atoms with E-state index in [1.807, 2.05) is 35.2 Å². The first-order valence-electron chi connectivity index (χ1n) is 17.4. The summed E-state index contributed by atoms with van der Waals surface area (Å²) in [6.07, 6.45) is 7.10. The lowest BCUT2D eigenvalue weighted by Gasteiger charge is -2.36. The molecule has 2 aromatic carbocycles. The standard InChI is InChI=1S/C37H49N7O5/c1-4-33(45)40-31(37(48)44-21-19-43(20-22-44)25-27-9-8-12-30(23-27)49-3)24-26-13-15-29(16-14-26)39-36(47)34(28-10-6-5-7-11-28)41-35(46)32-17-18-38-42(32)2/h8-9,12-18,23,28,31,34H,4-7,10-11,19-22,24-25H2,1-3H3,(H,39,47)(H,40,45)(H,41,46)/t31-,34+/m1/s1. The zero-order valence-electron chi connectivity index (χ0n) is 28.8. The topological polar surface area (TPSA) is 138 Å². The van der Waals surface area contributed by atoms with Gasteiger partial charge in [-0.25, -0.2) is 0 Å². The van der Waals surface area contributed by atoms with Gasteiger partial charge >= 0.3 is 0 Å². The zero-order valence-corrected chi connectivity index (χ0v) is 28.8. The van der Waals surface area contributed by atoms with Gasteiger partial charge < -0.3 is 25.6 Å². The monoisotopic (exact) mass is 671 g/mol. The molecule has 2 fully saturated rings. The van der Waals surface area contributed by atoms with Crippen LogP contribution in [0.25, 0.3) is 0 Å². The van der Waals surface area contributed by atoms with Gasteiger partial charge in [-0.2, -0.15) is 5.10 Å². The Morgan fingerprint density at radius 1 is 0.918 bits per heavy atom. The lowest BCUT2D eigenvalue weighted by atomic mass is 9.83. The molecule has 49 heavy (non-hydrogen) atoms. The van der Waals surface area contributed by atoms with Gasteiger partial charge in [0, 0.05) is 64.5 Å². The second-order valence-corrected chi connectivity index (χ2v) is 13.0. The fraction of sp³-hybridized carbons (Fsp3) is 0.486. The SMILES string of the molecule is CCC(=O)N[C@H](Cc1ccc(NC(=O)[C@@H](NC(=O)c2ccnn2C)C2CCCCC2)cc1)C(=O)N1CCN(Cc2cccc(OC)c2)CC1. The number of aromatic nitrogens is 2. The normalized spacial score (nSPS) is 16.8. The van der Waals surface area contributed by atoms with Crippen LogP contribution in [-0.4, -0.2) is 88.6 Å². The highest BCUT2D eigenvalue weighted by atomic mass is 16.5. The van der Waals surface area contributed by atoms with Crippen LogP contribution in [0, 0.1) is 5.92 Å². The van der Waals surface area contributed by atoms with Crippen LogP contribution in [0.5, 0.6) is 5.75 Å². The minimum atomic E-state index is -0.698. The van der Waals surface area contributed by atoms with Crippen LogP contribution >= 0.6 is 0 Å². The fourth-order valence-electron chi connectivity index (χ4n) is 6.73. The molecule has 1 saturated carbocycles. The zero-order chi connectivity index (χ0) is 34.8. The number of rotatable bonds is 13. The number of carbonyl (C=O) groups is 4. The molecule has 3 N–H and O–H groups in total. The van der Waals surface area contributed by atoms with Crippen molar-refractivity contribution in [3.05, 3.63) is 77.6 Å². The van der Waals surface area contributed by atoms with Crippen LogP contribution in [-0.2, 0) is 34.4 Å². The van der Waals surface area contributed by atoms with E-state index >= 15 is 0 Å². The van der Waals surface area contributed by atoms with Crippen molar-refractivity contribution in [1.82, 2.24) is 30.2 Å². The maximum atomic E-state index is 13.7. The number of carbonyl (C=O) groups excluding carboxylic acids is 4. The number of methoxy groups -OCH3 is 1. The van der Waals surface area contributed by atoms with Crippen molar-refractivity contribution in [2.45, 2.75) is 70.5 Å². The summed E-state index contributed by atoms with van der Waals surface area (Å²) >= 11 is 0. The van der Waals surface area contributed by atoms with Crippen molar-refractivity contribution in [2.75, 3.05) is 38.6 Å². The van der Waals surface area contributed by atoms with Gasteiger partial charge in [-0.05, 0) is 60.2 Å². The quantitative estimate of drug-likeness (QED) is 0.253. The first-order valence-corrected chi connectivity index (χ1v) is 17.4. The third kappa shape index (κ3) is 9.69. The summed E-state index contributed by atoms with van der Waals surface area (Å²) in [7, 11) is 3.36. The molecule has 3 aromatic rings. The predicted molar refractivity (Wildman–Crippen MR) is 187 cm³/mol. The summed E-state index contributed by atoms with van der Waals surface area (Å²) in [4.78, 5) is 57.0. The molecule has 2 heterocycles. The smallest absolute Gasteiger partial charge is 0.270 e. The van der Waals surface area contributed by atoms with Gasteiger partial charge in [0.25, 0.3) is 5.91 Å². The Morgan fingerprint density at radius 3 is 2.31 bits per heavy atom. The molecular weight excluding hydrogens is 622 g/mol. The van der Waals surface area contributed by atoms with Crippen LogP contribution in [0.1, 0.15) is 67.1 Å². The van der Waals surface area contributed by atoms with E-state index in [-0.39, 0.29) is 36.0 Å². The molecule has 5 rings (SSSR count). The maximum Gasteiger partial charge on any atom is 0.270 e. The van der Waals surface area contributed by atoms with Crippen LogP contribution in [0.2, 0.25) is 0 Å². The Bertz CT molecular complexity index is 1580. The van der Waals surface area contributed by atoms with E-state index in [0.29, 0.717) is 30.9 Å². The highest BCUT2D eigenvalue weighted by Crippen LogP contribution is 2.28. The second kappa shape index (κ2) is 17.1. The van der Waals surface area contributed by atoms with Gasteiger partial charge in [-0.1, -0.05) is 50.5 Å². The Kier molecular flexibility index (Phi) is 12.4. The van der Waals surface area contributed by atoms with Crippen molar-refractivity contribution in [3.8, 4) is 5.75 Å². The molecule has 2 aliphatic rings. The number of nitrogens with zero attached hydrogens (tertiary/aromatic N) is 4. The molecule has 12 nitrogen and oxygen atoms in total. The van der Waals surface area contributed by atoms with Crippen molar-refractivity contribution >= 4 is 29.3 Å². The molecule has 2 atom stereocenters. The fourth-order valence-corrected chi connectivity index (χ4v) is 6.73.